The standard InChI is InChI=1S/C18H16Cl2N4OS/c1-2-24-11-21-23-18(24)26-16(12-6-4-3-5-7-12)17(25)22-15-9-13(19)8-14(20)10-15/h3-11,16H,2H2,1H3,(H,22,25)/t16-/m1/s1. The molecule has 0 radical (unpaired) electrons. The van der Waals surface area contributed by atoms with Crippen molar-refractivity contribution in [3.05, 3.63) is 70.5 Å². The normalized spacial score (nSPS) is 12.0. The van der Waals surface area contributed by atoms with Crippen molar-refractivity contribution >= 4 is 46.6 Å². The van der Waals surface area contributed by atoms with Crippen LogP contribution in [0.4, 0.5) is 5.69 Å². The van der Waals surface area contributed by atoms with Gasteiger partial charge in [0, 0.05) is 22.3 Å². The van der Waals surface area contributed by atoms with Gasteiger partial charge in [0.2, 0.25) is 5.91 Å². The van der Waals surface area contributed by atoms with Gasteiger partial charge < -0.3 is 9.88 Å². The summed E-state index contributed by atoms with van der Waals surface area (Å²) in [5, 5.41) is 12.0. The van der Waals surface area contributed by atoms with Gasteiger partial charge >= 0.3 is 0 Å². The second kappa shape index (κ2) is 8.58. The molecule has 2 aromatic carbocycles. The molecule has 26 heavy (non-hydrogen) atoms. The molecule has 0 saturated heterocycles. The molecular formula is C18H16Cl2N4OS. The van der Waals surface area contributed by atoms with Gasteiger partial charge in [-0.2, -0.15) is 0 Å². The van der Waals surface area contributed by atoms with Crippen molar-refractivity contribution in [3.8, 4) is 0 Å². The largest absolute Gasteiger partial charge is 0.325 e. The number of aromatic nitrogens is 3. The predicted octanol–water partition coefficient (Wildman–Crippen LogP) is 5.08. The van der Waals surface area contributed by atoms with E-state index in [1.165, 1.54) is 11.8 Å². The Kier molecular flexibility index (Phi) is 6.19. The van der Waals surface area contributed by atoms with Gasteiger partial charge in [-0.1, -0.05) is 65.3 Å². The molecule has 3 aromatic rings. The van der Waals surface area contributed by atoms with E-state index >= 15 is 0 Å². The molecule has 3 rings (SSSR count). The van der Waals surface area contributed by atoms with E-state index < -0.39 is 5.25 Å². The predicted molar refractivity (Wildman–Crippen MR) is 106 cm³/mol. The Hall–Kier alpha value is -2.02. The molecule has 0 aliphatic carbocycles. The molecule has 0 aliphatic rings. The highest BCUT2D eigenvalue weighted by atomic mass is 35.5. The van der Waals surface area contributed by atoms with Gasteiger partial charge in [-0.25, -0.2) is 0 Å². The Morgan fingerprint density at radius 2 is 1.88 bits per heavy atom. The number of nitrogens with one attached hydrogen (secondary N) is 1. The van der Waals surface area contributed by atoms with Crippen molar-refractivity contribution in [1.82, 2.24) is 14.8 Å². The van der Waals surface area contributed by atoms with E-state index in [1.807, 2.05) is 41.8 Å². The number of aryl methyl sites for hydroxylation is 1. The summed E-state index contributed by atoms with van der Waals surface area (Å²) >= 11 is 13.4. The summed E-state index contributed by atoms with van der Waals surface area (Å²) in [6, 6.07) is 14.5. The molecule has 0 saturated carbocycles. The number of carbonyl (C=O) groups excluding carboxylic acids is 1. The smallest absolute Gasteiger partial charge is 0.242 e. The maximum absolute atomic E-state index is 13.0. The van der Waals surface area contributed by atoms with Gasteiger partial charge in [-0.3, -0.25) is 4.79 Å². The Labute approximate surface area is 165 Å². The number of benzene rings is 2. The number of hydrogen-bond acceptors (Lipinski definition) is 4. The average Bonchev–Trinajstić information content (AvgIpc) is 3.06. The van der Waals surface area contributed by atoms with Crippen molar-refractivity contribution < 1.29 is 4.79 Å². The summed E-state index contributed by atoms with van der Waals surface area (Å²) in [4.78, 5) is 13.0. The molecule has 8 heteroatoms. The van der Waals surface area contributed by atoms with Crippen LogP contribution in [0.2, 0.25) is 10.0 Å². The quantitative estimate of drug-likeness (QED) is 0.579. The summed E-state index contributed by atoms with van der Waals surface area (Å²) in [7, 11) is 0. The topological polar surface area (TPSA) is 59.8 Å². The zero-order valence-electron chi connectivity index (χ0n) is 13.9. The molecule has 1 heterocycles. The van der Waals surface area contributed by atoms with Gasteiger partial charge in [0.1, 0.15) is 11.6 Å². The minimum atomic E-state index is -0.497. The first kappa shape index (κ1) is 18.8. The van der Waals surface area contributed by atoms with Crippen LogP contribution in [-0.4, -0.2) is 20.7 Å². The zero-order chi connectivity index (χ0) is 18.5. The van der Waals surface area contributed by atoms with E-state index in [4.69, 9.17) is 23.2 Å². The van der Waals surface area contributed by atoms with Crippen LogP contribution < -0.4 is 5.32 Å². The lowest BCUT2D eigenvalue weighted by Crippen LogP contribution is -2.19. The minimum Gasteiger partial charge on any atom is -0.325 e. The van der Waals surface area contributed by atoms with E-state index in [1.54, 1.807) is 24.5 Å². The maximum Gasteiger partial charge on any atom is 0.242 e. The van der Waals surface area contributed by atoms with Crippen LogP contribution in [0.25, 0.3) is 0 Å². The fourth-order valence-corrected chi connectivity index (χ4v) is 3.99. The molecule has 1 amide bonds. The average molecular weight is 407 g/mol. The van der Waals surface area contributed by atoms with Gasteiger partial charge in [-0.15, -0.1) is 10.2 Å². The first-order valence-electron chi connectivity index (χ1n) is 7.93. The molecule has 1 atom stereocenters. The number of thioether (sulfide) groups is 1. The van der Waals surface area contributed by atoms with E-state index in [2.05, 4.69) is 15.5 Å². The Bertz CT molecular complexity index is 881. The van der Waals surface area contributed by atoms with Crippen molar-refractivity contribution in [3.63, 3.8) is 0 Å². The third-order valence-corrected chi connectivity index (χ3v) is 5.30. The van der Waals surface area contributed by atoms with Crippen molar-refractivity contribution in [2.24, 2.45) is 0 Å². The van der Waals surface area contributed by atoms with Crippen LogP contribution in [0.15, 0.2) is 60.0 Å². The highest BCUT2D eigenvalue weighted by Crippen LogP contribution is 2.35. The summed E-state index contributed by atoms with van der Waals surface area (Å²) in [6.07, 6.45) is 1.65. The molecule has 1 N–H and O–H groups in total. The molecule has 1 aromatic heterocycles. The number of carbonyl (C=O) groups is 1. The molecular weight excluding hydrogens is 391 g/mol. The van der Waals surface area contributed by atoms with E-state index in [9.17, 15) is 4.79 Å². The SMILES string of the molecule is CCn1cnnc1S[C@@H](C(=O)Nc1cc(Cl)cc(Cl)c1)c1ccccc1. The molecule has 0 unspecified atom stereocenters. The Morgan fingerprint density at radius 1 is 1.19 bits per heavy atom. The van der Waals surface area contributed by atoms with Gasteiger partial charge in [0.25, 0.3) is 0 Å². The van der Waals surface area contributed by atoms with Crippen LogP contribution in [0, 0.1) is 0 Å². The second-order valence-corrected chi connectivity index (χ2v) is 7.40. The van der Waals surface area contributed by atoms with E-state index in [0.717, 1.165) is 12.1 Å². The number of nitrogens with zero attached hydrogens (tertiary/aromatic N) is 3. The fraction of sp³-hybridized carbons (Fsp3) is 0.167. The van der Waals surface area contributed by atoms with Crippen molar-refractivity contribution in [2.75, 3.05) is 5.32 Å². The number of hydrogen-bond donors (Lipinski definition) is 1. The monoisotopic (exact) mass is 406 g/mol. The molecule has 0 spiro atoms. The first-order chi connectivity index (χ1) is 12.6. The first-order valence-corrected chi connectivity index (χ1v) is 9.56. The van der Waals surface area contributed by atoms with Crippen LogP contribution in [0.3, 0.4) is 0 Å². The molecule has 0 fully saturated rings. The number of amides is 1. The highest BCUT2D eigenvalue weighted by molar-refractivity contribution is 8.00. The number of halogens is 2. The number of anilines is 1. The lowest BCUT2D eigenvalue weighted by atomic mass is 10.1. The Morgan fingerprint density at radius 3 is 2.54 bits per heavy atom. The lowest BCUT2D eigenvalue weighted by molar-refractivity contribution is -0.115. The molecule has 5 nitrogen and oxygen atoms in total. The van der Waals surface area contributed by atoms with Gasteiger partial charge in [0.15, 0.2) is 5.16 Å². The highest BCUT2D eigenvalue weighted by Gasteiger charge is 2.24. The van der Waals surface area contributed by atoms with Crippen LogP contribution in [0.1, 0.15) is 17.7 Å². The van der Waals surface area contributed by atoms with Crippen LogP contribution in [-0.2, 0) is 11.3 Å². The second-order valence-electron chi connectivity index (χ2n) is 5.46. The number of rotatable bonds is 6. The summed E-state index contributed by atoms with van der Waals surface area (Å²) < 4.78 is 1.89. The van der Waals surface area contributed by atoms with Crippen LogP contribution in [0.5, 0.6) is 0 Å². The summed E-state index contributed by atoms with van der Waals surface area (Å²) in [5.41, 5.74) is 1.42. The third-order valence-electron chi connectivity index (χ3n) is 3.61. The van der Waals surface area contributed by atoms with E-state index in [0.29, 0.717) is 20.9 Å². The fourth-order valence-electron chi connectivity index (χ4n) is 2.39. The molecule has 134 valence electrons. The van der Waals surface area contributed by atoms with Gasteiger partial charge in [0.05, 0.1) is 0 Å². The van der Waals surface area contributed by atoms with Crippen LogP contribution >= 0.6 is 35.0 Å². The van der Waals surface area contributed by atoms with Gasteiger partial charge in [-0.05, 0) is 30.7 Å². The summed E-state index contributed by atoms with van der Waals surface area (Å²) in [6.45, 7) is 2.72. The van der Waals surface area contributed by atoms with Crippen molar-refractivity contribution in [2.45, 2.75) is 23.9 Å². The molecule has 0 aliphatic heterocycles. The zero-order valence-corrected chi connectivity index (χ0v) is 16.2. The molecule has 0 bridgehead atoms. The third kappa shape index (κ3) is 4.58. The Balaban J connectivity index is 1.88. The lowest BCUT2D eigenvalue weighted by Gasteiger charge is -2.17. The minimum absolute atomic E-state index is 0.190. The summed E-state index contributed by atoms with van der Waals surface area (Å²) in [5.74, 6) is -0.190. The van der Waals surface area contributed by atoms with E-state index in [-0.39, 0.29) is 5.91 Å². The van der Waals surface area contributed by atoms with Crippen molar-refractivity contribution in [1.29, 1.82) is 0 Å². The maximum atomic E-state index is 13.0.